The highest BCUT2D eigenvalue weighted by Gasteiger charge is 2.19. The van der Waals surface area contributed by atoms with Gasteiger partial charge in [-0.1, -0.05) is 278 Å². The zero-order valence-electron chi connectivity index (χ0n) is 51.2. The number of unbranched alkanes of at least 4 members (excludes halogenated alkanes) is 30. The van der Waals surface area contributed by atoms with Crippen molar-refractivity contribution in [3.8, 4) is 0 Å². The maximum absolute atomic E-state index is 12.9. The molecule has 0 bridgehead atoms. The molecule has 446 valence electrons. The highest BCUT2D eigenvalue weighted by atomic mass is 16.6. The number of ether oxygens (including phenoxy) is 3. The summed E-state index contributed by atoms with van der Waals surface area (Å²) in [6, 6.07) is 0. The summed E-state index contributed by atoms with van der Waals surface area (Å²) in [5.41, 5.74) is 0. The van der Waals surface area contributed by atoms with Crippen molar-refractivity contribution in [1.82, 2.24) is 0 Å². The maximum atomic E-state index is 12.9. The second-order valence-corrected chi connectivity index (χ2v) is 21.6. The van der Waals surface area contributed by atoms with Crippen LogP contribution in [0, 0.1) is 0 Å². The Morgan fingerprint density at radius 3 is 0.833 bits per heavy atom. The van der Waals surface area contributed by atoms with Gasteiger partial charge in [-0.05, 0) is 122 Å². The van der Waals surface area contributed by atoms with Gasteiger partial charge in [-0.2, -0.15) is 0 Å². The van der Waals surface area contributed by atoms with Gasteiger partial charge in [0.25, 0.3) is 0 Å². The molecule has 0 aromatic rings. The molecule has 0 fully saturated rings. The first-order chi connectivity index (χ1) is 38.5. The SMILES string of the molecule is CC/C=C\C/C=C\C/C=C\C/C=C\C/C=C\CCCCCCCCCCCCCCCCCC(=O)OCC(COC(=O)CCCCCCC/C=C\C/C=C\CCC)OC(=O)CCCCCCC/C=C\C/C=C\CCCCCC. The molecule has 1 unspecified atom stereocenters. The zero-order valence-corrected chi connectivity index (χ0v) is 51.2. The Labute approximate surface area is 482 Å². The molecular formula is C72H122O6. The molecule has 0 aliphatic carbocycles. The molecule has 0 aliphatic rings. The van der Waals surface area contributed by atoms with E-state index in [-0.39, 0.29) is 31.1 Å². The van der Waals surface area contributed by atoms with Gasteiger partial charge in [0.2, 0.25) is 0 Å². The van der Waals surface area contributed by atoms with Gasteiger partial charge in [-0.25, -0.2) is 0 Å². The smallest absolute Gasteiger partial charge is 0.306 e. The number of hydrogen-bond acceptors (Lipinski definition) is 6. The lowest BCUT2D eigenvalue weighted by atomic mass is 10.0. The molecule has 0 aromatic carbocycles. The first kappa shape index (κ1) is 74.1. The number of esters is 3. The van der Waals surface area contributed by atoms with Crippen molar-refractivity contribution in [2.24, 2.45) is 0 Å². The third-order valence-electron chi connectivity index (χ3n) is 14.0. The van der Waals surface area contributed by atoms with E-state index < -0.39 is 6.10 Å². The average molecular weight is 1080 g/mol. The molecule has 1 atom stereocenters. The number of allylic oxidation sites excluding steroid dienone is 18. The molecule has 0 heterocycles. The lowest BCUT2D eigenvalue weighted by Gasteiger charge is -2.18. The Bertz CT molecular complexity index is 1570. The molecule has 78 heavy (non-hydrogen) atoms. The van der Waals surface area contributed by atoms with Crippen molar-refractivity contribution in [1.29, 1.82) is 0 Å². The highest BCUT2D eigenvalue weighted by Crippen LogP contribution is 2.16. The molecule has 6 heteroatoms. The molecule has 0 radical (unpaired) electrons. The fourth-order valence-electron chi connectivity index (χ4n) is 9.07. The van der Waals surface area contributed by atoms with Crippen LogP contribution in [0.2, 0.25) is 0 Å². The van der Waals surface area contributed by atoms with Crippen LogP contribution < -0.4 is 0 Å². The minimum Gasteiger partial charge on any atom is -0.462 e. The third-order valence-corrected chi connectivity index (χ3v) is 14.0. The van der Waals surface area contributed by atoms with E-state index in [1.807, 2.05) is 0 Å². The van der Waals surface area contributed by atoms with Crippen LogP contribution in [0.4, 0.5) is 0 Å². The van der Waals surface area contributed by atoms with Gasteiger partial charge in [0.1, 0.15) is 13.2 Å². The van der Waals surface area contributed by atoms with Crippen LogP contribution in [0.15, 0.2) is 109 Å². The second-order valence-electron chi connectivity index (χ2n) is 21.6. The first-order valence-electron chi connectivity index (χ1n) is 32.9. The Morgan fingerprint density at radius 2 is 0.526 bits per heavy atom. The van der Waals surface area contributed by atoms with E-state index >= 15 is 0 Å². The summed E-state index contributed by atoms with van der Waals surface area (Å²) in [6.45, 7) is 6.44. The highest BCUT2D eigenvalue weighted by molar-refractivity contribution is 5.71. The molecule has 0 spiro atoms. The summed E-state index contributed by atoms with van der Waals surface area (Å²) < 4.78 is 16.9. The molecule has 0 aromatic heterocycles. The van der Waals surface area contributed by atoms with Crippen molar-refractivity contribution in [2.75, 3.05) is 13.2 Å². The molecule has 0 rings (SSSR count). The predicted octanol–water partition coefficient (Wildman–Crippen LogP) is 22.6. The van der Waals surface area contributed by atoms with Crippen molar-refractivity contribution in [2.45, 2.75) is 316 Å². The molecular weight excluding hydrogens is 961 g/mol. The lowest BCUT2D eigenvalue weighted by Crippen LogP contribution is -2.30. The van der Waals surface area contributed by atoms with E-state index in [2.05, 4.69) is 130 Å². The van der Waals surface area contributed by atoms with E-state index in [4.69, 9.17) is 14.2 Å². The van der Waals surface area contributed by atoms with E-state index in [1.54, 1.807) is 0 Å². The van der Waals surface area contributed by atoms with Gasteiger partial charge in [0.05, 0.1) is 0 Å². The summed E-state index contributed by atoms with van der Waals surface area (Å²) >= 11 is 0. The Balaban J connectivity index is 4.23. The Hall–Kier alpha value is -3.93. The molecule has 0 N–H and O–H groups in total. The van der Waals surface area contributed by atoms with Gasteiger partial charge >= 0.3 is 17.9 Å². The van der Waals surface area contributed by atoms with E-state index in [0.29, 0.717) is 19.3 Å². The van der Waals surface area contributed by atoms with Crippen molar-refractivity contribution >= 4 is 17.9 Å². The summed E-state index contributed by atoms with van der Waals surface area (Å²) in [6.07, 6.45) is 89.6. The first-order valence-corrected chi connectivity index (χ1v) is 32.9. The minimum absolute atomic E-state index is 0.0873. The van der Waals surface area contributed by atoms with Gasteiger partial charge in [0, 0.05) is 19.3 Å². The summed E-state index contributed by atoms with van der Waals surface area (Å²) in [7, 11) is 0. The van der Waals surface area contributed by atoms with Crippen LogP contribution in [0.3, 0.4) is 0 Å². The summed E-state index contributed by atoms with van der Waals surface area (Å²) in [5, 5.41) is 0. The molecule has 0 saturated heterocycles. The maximum Gasteiger partial charge on any atom is 0.306 e. The quantitative estimate of drug-likeness (QED) is 0.0261. The standard InChI is InChI=1S/C72H122O6/c1-4-7-10-13-16-19-22-25-27-29-30-31-32-33-34-35-36-37-38-39-40-41-42-43-45-47-50-53-56-59-62-65-71(74)77-68-69(67-76-70(73)64-61-58-55-52-49-46-24-21-18-15-12-9-6-3)78-72(75)66-63-60-57-54-51-48-44-28-26-23-20-17-14-11-8-5-2/h7,10,12,15-16,19-21,23-25,27-28,30-31,33-34,44,69H,4-6,8-9,11,13-14,17-18,22,26,29,32,35-43,45-68H2,1-3H3/b10-7-,15-12-,19-16-,23-20-,24-21-,27-25-,31-30-,34-33-,44-28-. The summed E-state index contributed by atoms with van der Waals surface area (Å²) in [5.74, 6) is -0.908. The monoisotopic (exact) mass is 1080 g/mol. The van der Waals surface area contributed by atoms with Crippen LogP contribution >= 0.6 is 0 Å². The minimum atomic E-state index is -0.792. The lowest BCUT2D eigenvalue weighted by molar-refractivity contribution is -0.167. The van der Waals surface area contributed by atoms with Crippen molar-refractivity contribution in [3.05, 3.63) is 109 Å². The van der Waals surface area contributed by atoms with Crippen molar-refractivity contribution < 1.29 is 28.6 Å². The van der Waals surface area contributed by atoms with Gasteiger partial charge in [0.15, 0.2) is 6.10 Å². The topological polar surface area (TPSA) is 78.9 Å². The van der Waals surface area contributed by atoms with Crippen molar-refractivity contribution in [3.63, 3.8) is 0 Å². The van der Waals surface area contributed by atoms with E-state index in [0.717, 1.165) is 148 Å². The number of hydrogen-bond donors (Lipinski definition) is 0. The van der Waals surface area contributed by atoms with E-state index in [9.17, 15) is 14.4 Å². The number of carbonyl (C=O) groups excluding carboxylic acids is 3. The number of carbonyl (C=O) groups is 3. The fourth-order valence-corrected chi connectivity index (χ4v) is 9.07. The van der Waals surface area contributed by atoms with Gasteiger partial charge < -0.3 is 14.2 Å². The van der Waals surface area contributed by atoms with Gasteiger partial charge in [-0.15, -0.1) is 0 Å². The average Bonchev–Trinajstić information content (AvgIpc) is 3.44. The Kier molecular flexibility index (Phi) is 62.3. The van der Waals surface area contributed by atoms with E-state index in [1.165, 1.54) is 122 Å². The number of rotatable bonds is 59. The van der Waals surface area contributed by atoms with Crippen LogP contribution in [-0.2, 0) is 28.6 Å². The Morgan fingerprint density at radius 1 is 0.269 bits per heavy atom. The zero-order chi connectivity index (χ0) is 56.4. The molecule has 0 aliphatic heterocycles. The normalized spacial score (nSPS) is 12.8. The largest absolute Gasteiger partial charge is 0.462 e. The second kappa shape index (κ2) is 65.6. The van der Waals surface area contributed by atoms with Gasteiger partial charge in [-0.3, -0.25) is 14.4 Å². The predicted molar refractivity (Wildman–Crippen MR) is 339 cm³/mol. The van der Waals surface area contributed by atoms with Crippen LogP contribution in [0.25, 0.3) is 0 Å². The van der Waals surface area contributed by atoms with Crippen LogP contribution in [0.1, 0.15) is 310 Å². The third kappa shape index (κ3) is 62.9. The molecule has 0 amide bonds. The van der Waals surface area contributed by atoms with Crippen LogP contribution in [0.5, 0.6) is 0 Å². The molecule has 6 nitrogen and oxygen atoms in total. The molecule has 0 saturated carbocycles. The van der Waals surface area contributed by atoms with Crippen LogP contribution in [-0.4, -0.2) is 37.2 Å². The summed E-state index contributed by atoms with van der Waals surface area (Å²) in [4.78, 5) is 38.3. The fraction of sp³-hybridized carbons (Fsp3) is 0.708.